The van der Waals surface area contributed by atoms with Crippen molar-refractivity contribution in [2.45, 2.75) is 19.6 Å². The van der Waals surface area contributed by atoms with Crippen LogP contribution in [0.5, 0.6) is 0 Å². The lowest BCUT2D eigenvalue weighted by Gasteiger charge is -2.36. The molecule has 29 heavy (non-hydrogen) atoms. The Morgan fingerprint density at radius 3 is 2.41 bits per heavy atom. The molecule has 7 heteroatoms. The van der Waals surface area contributed by atoms with E-state index in [4.69, 9.17) is 4.42 Å². The van der Waals surface area contributed by atoms with Gasteiger partial charge in [-0.15, -0.1) is 0 Å². The molecule has 0 spiro atoms. The zero-order valence-electron chi connectivity index (χ0n) is 16.1. The molecule has 4 rings (SSSR count). The predicted molar refractivity (Wildman–Crippen MR) is 106 cm³/mol. The highest BCUT2D eigenvalue weighted by Gasteiger charge is 2.31. The molecule has 1 aliphatic heterocycles. The van der Waals surface area contributed by atoms with Crippen LogP contribution in [-0.4, -0.2) is 36.1 Å². The molecule has 1 aliphatic rings. The van der Waals surface area contributed by atoms with Crippen molar-refractivity contribution in [3.63, 3.8) is 0 Å². The Hall–Kier alpha value is -2.80. The number of benzene rings is 2. The maximum absolute atomic E-state index is 12.9. The van der Waals surface area contributed by atoms with Gasteiger partial charge in [-0.1, -0.05) is 23.8 Å². The van der Waals surface area contributed by atoms with E-state index >= 15 is 0 Å². The van der Waals surface area contributed by atoms with Crippen LogP contribution < -0.4 is 4.90 Å². The van der Waals surface area contributed by atoms with E-state index in [1.165, 1.54) is 17.7 Å². The summed E-state index contributed by atoms with van der Waals surface area (Å²) in [5.74, 6) is 0.600. The third-order valence-electron chi connectivity index (χ3n) is 5.15. The summed E-state index contributed by atoms with van der Waals surface area (Å²) in [7, 11) is 0. The second-order valence-corrected chi connectivity index (χ2v) is 7.32. The fourth-order valence-corrected chi connectivity index (χ4v) is 3.48. The molecule has 0 unspecified atom stereocenters. The van der Waals surface area contributed by atoms with Gasteiger partial charge in [-0.25, -0.2) is 4.98 Å². The lowest BCUT2D eigenvalue weighted by Crippen LogP contribution is -2.46. The number of piperazine rings is 1. The molecule has 0 N–H and O–H groups in total. The number of aromatic nitrogens is 1. The molecule has 1 fully saturated rings. The van der Waals surface area contributed by atoms with Crippen LogP contribution in [0.15, 0.2) is 59.2 Å². The first-order valence-corrected chi connectivity index (χ1v) is 9.54. The molecule has 4 nitrogen and oxygen atoms in total. The smallest absolute Gasteiger partial charge is 0.416 e. The number of aryl methyl sites for hydroxylation is 1. The lowest BCUT2D eigenvalue weighted by molar-refractivity contribution is -0.137. The highest BCUT2D eigenvalue weighted by atomic mass is 19.4. The van der Waals surface area contributed by atoms with E-state index in [9.17, 15) is 13.2 Å². The van der Waals surface area contributed by atoms with E-state index in [-0.39, 0.29) is 0 Å². The van der Waals surface area contributed by atoms with Gasteiger partial charge in [-0.3, -0.25) is 4.90 Å². The summed E-state index contributed by atoms with van der Waals surface area (Å²) in [6.07, 6.45) is -2.64. The van der Waals surface area contributed by atoms with Gasteiger partial charge in [-0.05, 0) is 37.3 Å². The average molecular weight is 401 g/mol. The molecule has 1 saturated heterocycles. The number of oxazole rings is 1. The van der Waals surface area contributed by atoms with Crippen LogP contribution in [-0.2, 0) is 12.7 Å². The van der Waals surface area contributed by atoms with Gasteiger partial charge < -0.3 is 9.32 Å². The zero-order valence-corrected chi connectivity index (χ0v) is 16.1. The van der Waals surface area contributed by atoms with E-state index in [1.807, 2.05) is 36.1 Å². The molecular formula is C22H22F3N3O. The maximum Gasteiger partial charge on any atom is 0.416 e. The van der Waals surface area contributed by atoms with Crippen LogP contribution >= 0.6 is 0 Å². The van der Waals surface area contributed by atoms with Crippen molar-refractivity contribution in [2.75, 3.05) is 31.1 Å². The van der Waals surface area contributed by atoms with Crippen molar-refractivity contribution in [3.8, 4) is 11.5 Å². The van der Waals surface area contributed by atoms with Gasteiger partial charge in [0.25, 0.3) is 0 Å². The van der Waals surface area contributed by atoms with Gasteiger partial charge in [0.05, 0.1) is 11.3 Å². The highest BCUT2D eigenvalue weighted by Crippen LogP contribution is 2.32. The Kier molecular flexibility index (Phi) is 5.32. The molecule has 0 atom stereocenters. The molecular weight excluding hydrogens is 379 g/mol. The molecule has 2 heterocycles. The fourth-order valence-electron chi connectivity index (χ4n) is 3.48. The van der Waals surface area contributed by atoms with Crippen molar-refractivity contribution < 1.29 is 17.6 Å². The van der Waals surface area contributed by atoms with Crippen LogP contribution in [0.2, 0.25) is 0 Å². The normalized spacial score (nSPS) is 15.7. The lowest BCUT2D eigenvalue weighted by atomic mass is 10.1. The predicted octanol–water partition coefficient (Wildman–Crippen LogP) is 4.99. The van der Waals surface area contributed by atoms with Crippen LogP contribution in [0, 0.1) is 6.92 Å². The summed E-state index contributed by atoms with van der Waals surface area (Å²) >= 11 is 0. The van der Waals surface area contributed by atoms with Gasteiger partial charge >= 0.3 is 6.18 Å². The SMILES string of the molecule is Cc1ccc(-c2nc(CN3CCN(c4cccc(C(F)(F)F)c4)CC3)co2)cc1. The van der Waals surface area contributed by atoms with E-state index in [0.29, 0.717) is 31.2 Å². The van der Waals surface area contributed by atoms with Crippen molar-refractivity contribution >= 4 is 5.69 Å². The summed E-state index contributed by atoms with van der Waals surface area (Å²) in [5.41, 5.74) is 2.98. The number of hydrogen-bond acceptors (Lipinski definition) is 4. The van der Waals surface area contributed by atoms with E-state index < -0.39 is 11.7 Å². The maximum atomic E-state index is 12.9. The topological polar surface area (TPSA) is 32.5 Å². The van der Waals surface area contributed by atoms with E-state index in [0.717, 1.165) is 30.4 Å². The third kappa shape index (κ3) is 4.62. The van der Waals surface area contributed by atoms with Gasteiger partial charge in [0.2, 0.25) is 5.89 Å². The van der Waals surface area contributed by atoms with Crippen LogP contribution in [0.3, 0.4) is 0 Å². The molecule has 2 aromatic carbocycles. The summed E-state index contributed by atoms with van der Waals surface area (Å²) in [6, 6.07) is 13.5. The first-order chi connectivity index (χ1) is 13.9. The first-order valence-electron chi connectivity index (χ1n) is 9.54. The average Bonchev–Trinajstić information content (AvgIpc) is 3.17. The minimum Gasteiger partial charge on any atom is -0.444 e. The monoisotopic (exact) mass is 401 g/mol. The second kappa shape index (κ2) is 7.91. The molecule has 0 saturated carbocycles. The summed E-state index contributed by atoms with van der Waals surface area (Å²) < 4.78 is 44.4. The number of hydrogen-bond donors (Lipinski definition) is 0. The Morgan fingerprint density at radius 2 is 1.72 bits per heavy atom. The number of rotatable bonds is 4. The van der Waals surface area contributed by atoms with Gasteiger partial charge in [0, 0.05) is 44.0 Å². The van der Waals surface area contributed by atoms with Crippen molar-refractivity contribution in [3.05, 3.63) is 71.6 Å². The molecule has 0 bridgehead atoms. The Bertz CT molecular complexity index is 958. The van der Waals surface area contributed by atoms with E-state index in [1.54, 1.807) is 12.3 Å². The minimum atomic E-state index is -4.32. The van der Waals surface area contributed by atoms with Crippen LogP contribution in [0.4, 0.5) is 18.9 Å². The largest absolute Gasteiger partial charge is 0.444 e. The fraction of sp³-hybridized carbons (Fsp3) is 0.318. The van der Waals surface area contributed by atoms with Crippen LogP contribution in [0.25, 0.3) is 11.5 Å². The van der Waals surface area contributed by atoms with Crippen LogP contribution in [0.1, 0.15) is 16.8 Å². The van der Waals surface area contributed by atoms with Gasteiger partial charge in [0.1, 0.15) is 6.26 Å². The molecule has 152 valence electrons. The number of nitrogens with zero attached hydrogens (tertiary/aromatic N) is 3. The Labute approximate surface area is 167 Å². The molecule has 1 aromatic heterocycles. The minimum absolute atomic E-state index is 0.600. The molecule has 0 aliphatic carbocycles. The van der Waals surface area contributed by atoms with Gasteiger partial charge in [0.15, 0.2) is 0 Å². The van der Waals surface area contributed by atoms with E-state index in [2.05, 4.69) is 9.88 Å². The summed E-state index contributed by atoms with van der Waals surface area (Å²) in [4.78, 5) is 8.80. The molecule has 0 radical (unpaired) electrons. The molecule has 3 aromatic rings. The standard InChI is InChI=1S/C22H22F3N3O/c1-16-5-7-17(8-6-16)21-26-19(15-29-21)14-27-9-11-28(12-10-27)20-4-2-3-18(13-20)22(23,24)25/h2-8,13,15H,9-12,14H2,1H3. The van der Waals surface area contributed by atoms with Crippen molar-refractivity contribution in [1.82, 2.24) is 9.88 Å². The van der Waals surface area contributed by atoms with Crippen molar-refractivity contribution in [2.24, 2.45) is 0 Å². The summed E-state index contributed by atoms with van der Waals surface area (Å²) in [5, 5.41) is 0. The van der Waals surface area contributed by atoms with Crippen molar-refractivity contribution in [1.29, 1.82) is 0 Å². The Balaban J connectivity index is 1.35. The second-order valence-electron chi connectivity index (χ2n) is 7.32. The number of alkyl halides is 3. The zero-order chi connectivity index (χ0) is 20.4. The molecule has 0 amide bonds. The highest BCUT2D eigenvalue weighted by molar-refractivity contribution is 5.53. The summed E-state index contributed by atoms with van der Waals surface area (Å²) in [6.45, 7) is 5.54. The first kappa shape index (κ1) is 19.5. The number of halogens is 3. The van der Waals surface area contributed by atoms with Gasteiger partial charge in [-0.2, -0.15) is 13.2 Å². The quantitative estimate of drug-likeness (QED) is 0.617. The Morgan fingerprint density at radius 1 is 1.00 bits per heavy atom. The number of anilines is 1. The third-order valence-corrected chi connectivity index (χ3v) is 5.15.